The van der Waals surface area contributed by atoms with Crippen molar-refractivity contribution in [2.75, 3.05) is 37.8 Å². The molecule has 1 aromatic heterocycles. The minimum atomic E-state index is -4.12. The molecule has 0 bridgehead atoms. The molecule has 0 amide bonds. The third-order valence-electron chi connectivity index (χ3n) is 5.70. The van der Waals surface area contributed by atoms with Crippen LogP contribution in [0.3, 0.4) is 0 Å². The van der Waals surface area contributed by atoms with Gasteiger partial charge in [-0.15, -0.1) is 0 Å². The molecule has 0 saturated carbocycles. The van der Waals surface area contributed by atoms with Gasteiger partial charge in [0.15, 0.2) is 17.4 Å². The first kappa shape index (κ1) is 27.3. The topological polar surface area (TPSA) is 114 Å². The average molecular weight is 554 g/mol. The first-order valence-electron chi connectivity index (χ1n) is 11.8. The lowest BCUT2D eigenvalue weighted by atomic mass is 10.1. The van der Waals surface area contributed by atoms with Crippen molar-refractivity contribution in [3.05, 3.63) is 77.3 Å². The molecule has 0 unspecified atom stereocenters. The number of aromatic nitrogens is 2. The molecule has 2 N–H and O–H groups in total. The number of ether oxygens (including phenoxy) is 1. The molecule has 38 heavy (non-hydrogen) atoms. The maximum atomic E-state index is 13.4. The first-order chi connectivity index (χ1) is 18.2. The van der Waals surface area contributed by atoms with Gasteiger partial charge in [0, 0.05) is 18.1 Å². The molecule has 0 aliphatic rings. The van der Waals surface area contributed by atoms with Gasteiger partial charge in [-0.1, -0.05) is 35.9 Å². The third kappa shape index (κ3) is 6.58. The molecular formula is C27H28ClN5O4S. The number of halogens is 1. The number of hydrogen-bond donors (Lipinski definition) is 2. The number of nitrogens with zero attached hydrogens (tertiary/aromatic N) is 3. The van der Waals surface area contributed by atoms with Crippen molar-refractivity contribution in [3.8, 4) is 5.75 Å². The highest BCUT2D eigenvalue weighted by atomic mass is 35.5. The van der Waals surface area contributed by atoms with Gasteiger partial charge in [-0.25, -0.2) is 18.4 Å². The van der Waals surface area contributed by atoms with E-state index in [1.807, 2.05) is 25.1 Å². The highest BCUT2D eigenvalue weighted by molar-refractivity contribution is 7.92. The predicted molar refractivity (Wildman–Crippen MR) is 150 cm³/mol. The summed E-state index contributed by atoms with van der Waals surface area (Å²) in [5.74, 6) is 0.563. The number of Topliss-reactive ketones (excluding diaryl/α,β-unsaturated/α-hetero) is 1. The number of anilines is 3. The van der Waals surface area contributed by atoms with Crippen LogP contribution in [0.25, 0.3) is 11.0 Å². The zero-order valence-electron chi connectivity index (χ0n) is 21.2. The SMILES string of the molecule is COc1ccc(Cl)c(Nc2nc3ccccc3nc2NS(=O)(=O)c2cccc(C(=O)CCCN(C)C)c2)c1. The van der Waals surface area contributed by atoms with Gasteiger partial charge in [-0.05, 0) is 63.5 Å². The Balaban J connectivity index is 1.67. The van der Waals surface area contributed by atoms with Gasteiger partial charge in [0.05, 0.1) is 33.7 Å². The number of carbonyl (C=O) groups excluding carboxylic acids is 1. The Bertz CT molecular complexity index is 1580. The Morgan fingerprint density at radius 2 is 1.68 bits per heavy atom. The number of fused-ring (bicyclic) bond motifs is 1. The van der Waals surface area contributed by atoms with Crippen LogP contribution in [-0.4, -0.2) is 56.8 Å². The van der Waals surface area contributed by atoms with Gasteiger partial charge in [0.2, 0.25) is 0 Å². The zero-order chi connectivity index (χ0) is 27.3. The number of carbonyl (C=O) groups is 1. The summed E-state index contributed by atoms with van der Waals surface area (Å²) in [5.41, 5.74) is 1.85. The molecule has 0 atom stereocenters. The molecule has 0 aliphatic heterocycles. The smallest absolute Gasteiger partial charge is 0.263 e. The van der Waals surface area contributed by atoms with Gasteiger partial charge >= 0.3 is 0 Å². The molecule has 0 radical (unpaired) electrons. The summed E-state index contributed by atoms with van der Waals surface area (Å²) < 4.78 is 34.6. The fraction of sp³-hybridized carbons (Fsp3) is 0.222. The van der Waals surface area contributed by atoms with Gasteiger partial charge in [0.25, 0.3) is 10.0 Å². The van der Waals surface area contributed by atoms with Crippen molar-refractivity contribution in [1.82, 2.24) is 14.9 Å². The number of rotatable bonds is 11. The Hall–Kier alpha value is -3.73. The van der Waals surface area contributed by atoms with Crippen LogP contribution in [0, 0.1) is 0 Å². The summed E-state index contributed by atoms with van der Waals surface area (Å²) in [7, 11) is 1.28. The molecule has 1 heterocycles. The minimum absolute atomic E-state index is 0.0229. The molecule has 0 aliphatic carbocycles. The van der Waals surface area contributed by atoms with E-state index < -0.39 is 10.0 Å². The van der Waals surface area contributed by atoms with Crippen LogP contribution in [0.1, 0.15) is 23.2 Å². The Kier molecular flexibility index (Phi) is 8.45. The largest absolute Gasteiger partial charge is 0.497 e. The zero-order valence-corrected chi connectivity index (χ0v) is 22.8. The highest BCUT2D eigenvalue weighted by Crippen LogP contribution is 2.32. The fourth-order valence-corrected chi connectivity index (χ4v) is 4.96. The lowest BCUT2D eigenvalue weighted by Crippen LogP contribution is -2.17. The normalized spacial score (nSPS) is 11.5. The van der Waals surface area contributed by atoms with Crippen LogP contribution >= 0.6 is 11.6 Å². The number of methoxy groups -OCH3 is 1. The van der Waals surface area contributed by atoms with Gasteiger partial charge < -0.3 is 15.0 Å². The van der Waals surface area contributed by atoms with Crippen LogP contribution < -0.4 is 14.8 Å². The molecule has 3 aromatic carbocycles. The van der Waals surface area contributed by atoms with E-state index in [9.17, 15) is 13.2 Å². The van der Waals surface area contributed by atoms with Crippen LogP contribution in [0.2, 0.25) is 5.02 Å². The Morgan fingerprint density at radius 3 is 2.37 bits per heavy atom. The molecule has 4 aromatic rings. The molecule has 0 fully saturated rings. The van der Waals surface area contributed by atoms with E-state index in [4.69, 9.17) is 16.3 Å². The van der Waals surface area contributed by atoms with Crippen molar-refractivity contribution < 1.29 is 17.9 Å². The molecule has 4 rings (SSSR count). The van der Waals surface area contributed by atoms with E-state index in [-0.39, 0.29) is 22.3 Å². The maximum absolute atomic E-state index is 13.4. The second kappa shape index (κ2) is 11.8. The second-order valence-electron chi connectivity index (χ2n) is 8.84. The van der Waals surface area contributed by atoms with E-state index in [1.54, 1.807) is 48.5 Å². The van der Waals surface area contributed by atoms with Crippen LogP contribution in [0.5, 0.6) is 5.75 Å². The molecule has 11 heteroatoms. The number of sulfonamides is 1. The molecule has 9 nitrogen and oxygen atoms in total. The number of benzene rings is 3. The van der Waals surface area contributed by atoms with Crippen molar-refractivity contribution in [1.29, 1.82) is 0 Å². The van der Waals surface area contributed by atoms with Crippen LogP contribution in [0.15, 0.2) is 71.6 Å². The average Bonchev–Trinajstić information content (AvgIpc) is 2.90. The summed E-state index contributed by atoms with van der Waals surface area (Å²) in [5, 5.41) is 3.46. The summed E-state index contributed by atoms with van der Waals surface area (Å²) in [6.07, 6.45) is 0.996. The van der Waals surface area contributed by atoms with E-state index in [0.29, 0.717) is 45.9 Å². The summed E-state index contributed by atoms with van der Waals surface area (Å²) in [6, 6.07) is 18.1. The lowest BCUT2D eigenvalue weighted by Gasteiger charge is -2.15. The van der Waals surface area contributed by atoms with Crippen LogP contribution in [-0.2, 0) is 10.0 Å². The molecule has 198 valence electrons. The van der Waals surface area contributed by atoms with Gasteiger partial charge in [0.1, 0.15) is 5.75 Å². The monoisotopic (exact) mass is 553 g/mol. The van der Waals surface area contributed by atoms with E-state index in [1.165, 1.54) is 19.2 Å². The number of para-hydroxylation sites is 2. The van der Waals surface area contributed by atoms with Crippen molar-refractivity contribution in [2.45, 2.75) is 17.7 Å². The Labute approximate surface area is 226 Å². The number of ketones is 1. The standard InChI is InChI=1S/C27H28ClN5O4S/c1-33(2)15-7-12-25(34)18-8-6-9-20(16-18)38(35,36)32-27-26(29-22-10-4-5-11-23(22)30-27)31-24-17-19(37-3)13-14-21(24)28/h4-6,8-11,13-14,16-17H,7,12,15H2,1-3H3,(H,29,31)(H,30,32). The third-order valence-corrected chi connectivity index (χ3v) is 7.37. The maximum Gasteiger partial charge on any atom is 0.263 e. The quantitative estimate of drug-likeness (QED) is 0.239. The van der Waals surface area contributed by atoms with Crippen LogP contribution in [0.4, 0.5) is 17.3 Å². The van der Waals surface area contributed by atoms with Crippen molar-refractivity contribution >= 4 is 55.8 Å². The highest BCUT2D eigenvalue weighted by Gasteiger charge is 2.21. The van der Waals surface area contributed by atoms with E-state index >= 15 is 0 Å². The minimum Gasteiger partial charge on any atom is -0.497 e. The first-order valence-corrected chi connectivity index (χ1v) is 13.7. The second-order valence-corrected chi connectivity index (χ2v) is 10.9. The van der Waals surface area contributed by atoms with Crippen molar-refractivity contribution in [2.24, 2.45) is 0 Å². The van der Waals surface area contributed by atoms with Gasteiger partial charge in [-0.2, -0.15) is 0 Å². The summed E-state index contributed by atoms with van der Waals surface area (Å²) in [6.45, 7) is 0.763. The van der Waals surface area contributed by atoms with Gasteiger partial charge in [-0.3, -0.25) is 9.52 Å². The summed E-state index contributed by atoms with van der Waals surface area (Å²) in [4.78, 5) is 23.7. The predicted octanol–water partition coefficient (Wildman–Crippen LogP) is 5.36. The summed E-state index contributed by atoms with van der Waals surface area (Å²) >= 11 is 6.36. The van der Waals surface area contributed by atoms with E-state index in [0.717, 1.165) is 6.54 Å². The Morgan fingerprint density at radius 1 is 0.974 bits per heavy atom. The lowest BCUT2D eigenvalue weighted by molar-refractivity contribution is 0.0977. The van der Waals surface area contributed by atoms with Crippen molar-refractivity contribution in [3.63, 3.8) is 0 Å². The molecular weight excluding hydrogens is 526 g/mol. The van der Waals surface area contributed by atoms with E-state index in [2.05, 4.69) is 20.0 Å². The number of nitrogens with one attached hydrogen (secondary N) is 2. The molecule has 0 spiro atoms. The number of hydrogen-bond acceptors (Lipinski definition) is 8. The fourth-order valence-electron chi connectivity index (χ4n) is 3.74. The molecule has 0 saturated heterocycles.